The van der Waals surface area contributed by atoms with Gasteiger partial charge in [-0.2, -0.15) is 0 Å². The van der Waals surface area contributed by atoms with Crippen molar-refractivity contribution in [2.45, 2.75) is 12.2 Å². The molecular formula is C9H10BrNO4. The van der Waals surface area contributed by atoms with Gasteiger partial charge in [0.25, 0.3) is 0 Å². The Bertz CT molecular complexity index is 382. The molecule has 0 heterocycles. The van der Waals surface area contributed by atoms with Crippen LogP contribution in [0.25, 0.3) is 0 Å². The molecule has 0 spiro atoms. The maximum absolute atomic E-state index is 10.6. The molecule has 0 aliphatic rings. The van der Waals surface area contributed by atoms with Gasteiger partial charge in [0.15, 0.2) is 6.10 Å². The lowest BCUT2D eigenvalue weighted by molar-refractivity contribution is -0.132. The van der Waals surface area contributed by atoms with Gasteiger partial charge in [-0.25, -0.2) is 0 Å². The van der Waals surface area contributed by atoms with Crippen LogP contribution in [0, 0.1) is 0 Å². The molecule has 2 atom stereocenters. The number of halogens is 1. The molecule has 15 heavy (non-hydrogen) atoms. The third-order valence-corrected chi connectivity index (χ3v) is 2.78. The predicted octanol–water partition coefficient (Wildman–Crippen LogP) is 0.0343. The lowest BCUT2D eigenvalue weighted by atomic mass is 10.0. The first-order valence-electron chi connectivity index (χ1n) is 4.08. The summed E-state index contributed by atoms with van der Waals surface area (Å²) in [5.41, 5.74) is 5.03. The Kier molecular flexibility index (Phi) is 3.67. The zero-order valence-electron chi connectivity index (χ0n) is 7.59. The molecule has 0 saturated carbocycles. The van der Waals surface area contributed by atoms with Crippen LogP contribution in [0.2, 0.25) is 0 Å². The first kappa shape index (κ1) is 12.0. The van der Waals surface area contributed by atoms with Crippen LogP contribution in [0.5, 0.6) is 5.75 Å². The van der Waals surface area contributed by atoms with E-state index < -0.39 is 18.1 Å². The number of phenolic OH excluding ortho intramolecular Hbond substituents is 1. The lowest BCUT2D eigenvalue weighted by Gasteiger charge is -2.16. The Morgan fingerprint density at radius 1 is 1.40 bits per heavy atom. The molecule has 5 nitrogen and oxygen atoms in total. The van der Waals surface area contributed by atoms with E-state index >= 15 is 0 Å². The van der Waals surface area contributed by atoms with Crippen LogP contribution in [0.1, 0.15) is 11.7 Å². The van der Waals surface area contributed by atoms with Crippen molar-refractivity contribution in [2.75, 3.05) is 0 Å². The Balaban J connectivity index is 3.06. The van der Waals surface area contributed by atoms with Gasteiger partial charge in [0, 0.05) is 5.56 Å². The number of hydrogen-bond donors (Lipinski definition) is 4. The number of carbonyl (C=O) groups is 1. The van der Waals surface area contributed by atoms with Gasteiger partial charge < -0.3 is 21.1 Å². The fourth-order valence-corrected chi connectivity index (χ4v) is 1.59. The molecule has 0 aliphatic heterocycles. The molecule has 1 aromatic rings. The number of aliphatic hydroxyl groups excluding tert-OH is 2. The van der Waals surface area contributed by atoms with Gasteiger partial charge in [-0.3, -0.25) is 4.79 Å². The van der Waals surface area contributed by atoms with Gasteiger partial charge in [-0.15, -0.1) is 0 Å². The number of aliphatic hydroxyl groups is 2. The Morgan fingerprint density at radius 3 is 2.53 bits per heavy atom. The van der Waals surface area contributed by atoms with E-state index in [-0.39, 0.29) is 15.8 Å². The number of phenols is 1. The van der Waals surface area contributed by atoms with Crippen molar-refractivity contribution >= 4 is 21.8 Å². The van der Waals surface area contributed by atoms with Gasteiger partial charge in [-0.05, 0) is 22.0 Å². The second-order valence-electron chi connectivity index (χ2n) is 2.97. The highest BCUT2D eigenvalue weighted by molar-refractivity contribution is 9.10. The van der Waals surface area contributed by atoms with E-state index in [2.05, 4.69) is 15.9 Å². The third kappa shape index (κ3) is 2.47. The first-order chi connectivity index (χ1) is 6.95. The van der Waals surface area contributed by atoms with E-state index in [0.717, 1.165) is 0 Å². The average molecular weight is 276 g/mol. The maximum Gasteiger partial charge on any atom is 0.249 e. The van der Waals surface area contributed by atoms with Crippen LogP contribution in [0.3, 0.4) is 0 Å². The van der Waals surface area contributed by atoms with Gasteiger partial charge in [0.1, 0.15) is 11.9 Å². The molecule has 0 bridgehead atoms. The first-order valence-corrected chi connectivity index (χ1v) is 4.87. The van der Waals surface area contributed by atoms with Crippen molar-refractivity contribution in [1.82, 2.24) is 0 Å². The zero-order valence-corrected chi connectivity index (χ0v) is 9.18. The molecule has 82 valence electrons. The predicted molar refractivity (Wildman–Crippen MR) is 56.0 cm³/mol. The highest BCUT2D eigenvalue weighted by atomic mass is 79.9. The monoisotopic (exact) mass is 275 g/mol. The van der Waals surface area contributed by atoms with E-state index in [1.807, 2.05) is 0 Å². The molecule has 0 fully saturated rings. The number of hydrogen-bond acceptors (Lipinski definition) is 4. The fourth-order valence-electron chi connectivity index (χ4n) is 1.09. The zero-order chi connectivity index (χ0) is 11.6. The molecule has 6 heteroatoms. The van der Waals surface area contributed by atoms with Crippen molar-refractivity contribution in [3.05, 3.63) is 28.2 Å². The Morgan fingerprint density at radius 2 is 2.00 bits per heavy atom. The van der Waals surface area contributed by atoms with E-state index in [0.29, 0.717) is 0 Å². The van der Waals surface area contributed by atoms with Crippen molar-refractivity contribution in [1.29, 1.82) is 0 Å². The minimum atomic E-state index is -1.71. The summed E-state index contributed by atoms with van der Waals surface area (Å²) >= 11 is 3.02. The van der Waals surface area contributed by atoms with Crippen LogP contribution in [-0.4, -0.2) is 27.3 Å². The number of rotatable bonds is 3. The number of nitrogens with two attached hydrogens (primary N) is 1. The summed E-state index contributed by atoms with van der Waals surface area (Å²) in [5.74, 6) is -1.12. The molecule has 0 aliphatic carbocycles. The number of primary amides is 1. The molecule has 0 radical (unpaired) electrons. The van der Waals surface area contributed by atoms with Crippen molar-refractivity contribution < 1.29 is 20.1 Å². The number of benzene rings is 1. The summed E-state index contributed by atoms with van der Waals surface area (Å²) in [6.07, 6.45) is -3.17. The standard InChI is InChI=1S/C9H10BrNO4/c10-6-4(2-1-3-5(6)12)7(13)8(14)9(11)15/h1-3,7-8,12-14H,(H2,11,15). The molecule has 1 rings (SSSR count). The van der Waals surface area contributed by atoms with Gasteiger partial charge in [0.2, 0.25) is 5.91 Å². The molecule has 2 unspecified atom stereocenters. The molecule has 5 N–H and O–H groups in total. The van der Waals surface area contributed by atoms with Crippen LogP contribution in [0.4, 0.5) is 0 Å². The quantitative estimate of drug-likeness (QED) is 0.625. The van der Waals surface area contributed by atoms with E-state index in [1.165, 1.54) is 18.2 Å². The third-order valence-electron chi connectivity index (χ3n) is 1.92. The second kappa shape index (κ2) is 4.61. The highest BCUT2D eigenvalue weighted by Gasteiger charge is 2.25. The summed E-state index contributed by atoms with van der Waals surface area (Å²) in [5, 5.41) is 28.1. The smallest absolute Gasteiger partial charge is 0.249 e. The summed E-state index contributed by atoms with van der Waals surface area (Å²) in [6.45, 7) is 0. The normalized spacial score (nSPS) is 14.6. The molecule has 1 aromatic carbocycles. The SMILES string of the molecule is NC(=O)C(O)C(O)c1cccc(O)c1Br. The average Bonchev–Trinajstić information content (AvgIpc) is 2.20. The Labute approximate surface area is 94.3 Å². The van der Waals surface area contributed by atoms with Crippen LogP contribution < -0.4 is 5.73 Å². The summed E-state index contributed by atoms with van der Waals surface area (Å²) in [6, 6.07) is 4.34. The summed E-state index contributed by atoms with van der Waals surface area (Å²) in [4.78, 5) is 10.6. The molecule has 1 amide bonds. The Hall–Kier alpha value is -1.11. The van der Waals surface area contributed by atoms with Crippen molar-refractivity contribution in [3.63, 3.8) is 0 Å². The largest absolute Gasteiger partial charge is 0.507 e. The fraction of sp³-hybridized carbons (Fsp3) is 0.222. The van der Waals surface area contributed by atoms with E-state index in [4.69, 9.17) is 5.73 Å². The van der Waals surface area contributed by atoms with E-state index in [9.17, 15) is 20.1 Å². The minimum Gasteiger partial charge on any atom is -0.507 e. The number of amides is 1. The molecule has 0 saturated heterocycles. The van der Waals surface area contributed by atoms with Gasteiger partial charge in [-0.1, -0.05) is 12.1 Å². The van der Waals surface area contributed by atoms with Crippen molar-refractivity contribution in [3.8, 4) is 5.75 Å². The van der Waals surface area contributed by atoms with Crippen molar-refractivity contribution in [2.24, 2.45) is 5.73 Å². The topological polar surface area (TPSA) is 104 Å². The second-order valence-corrected chi connectivity index (χ2v) is 3.77. The van der Waals surface area contributed by atoms with Gasteiger partial charge >= 0.3 is 0 Å². The van der Waals surface area contributed by atoms with Crippen LogP contribution >= 0.6 is 15.9 Å². The highest BCUT2D eigenvalue weighted by Crippen LogP contribution is 2.32. The number of aromatic hydroxyl groups is 1. The molecular weight excluding hydrogens is 266 g/mol. The van der Waals surface area contributed by atoms with Crippen LogP contribution in [-0.2, 0) is 4.79 Å². The number of carbonyl (C=O) groups excluding carboxylic acids is 1. The maximum atomic E-state index is 10.6. The van der Waals surface area contributed by atoms with E-state index in [1.54, 1.807) is 0 Å². The van der Waals surface area contributed by atoms with Crippen LogP contribution in [0.15, 0.2) is 22.7 Å². The molecule has 0 aromatic heterocycles. The lowest BCUT2D eigenvalue weighted by Crippen LogP contribution is -2.34. The summed E-state index contributed by atoms with van der Waals surface area (Å²) in [7, 11) is 0. The minimum absolute atomic E-state index is 0.0942. The van der Waals surface area contributed by atoms with Gasteiger partial charge in [0.05, 0.1) is 4.47 Å². The summed E-state index contributed by atoms with van der Waals surface area (Å²) < 4.78 is 0.220.